The first-order chi connectivity index (χ1) is 14.9. The monoisotopic (exact) mass is 436 g/mol. The Bertz CT molecular complexity index is 1150. The summed E-state index contributed by atoms with van der Waals surface area (Å²) in [4.78, 5) is 27.0. The number of benzene rings is 2. The van der Waals surface area contributed by atoms with Crippen LogP contribution in [0.3, 0.4) is 0 Å². The van der Waals surface area contributed by atoms with Crippen LogP contribution in [0, 0.1) is 18.8 Å². The second-order valence-electron chi connectivity index (χ2n) is 8.57. The van der Waals surface area contributed by atoms with Gasteiger partial charge in [0.05, 0.1) is 22.8 Å². The second-order valence-corrected chi connectivity index (χ2v) is 10.5. The first-order valence-electron chi connectivity index (χ1n) is 10.6. The van der Waals surface area contributed by atoms with Crippen LogP contribution in [0.4, 0.5) is 0 Å². The van der Waals surface area contributed by atoms with Crippen LogP contribution in [0.2, 0.25) is 0 Å². The smallest absolute Gasteiger partial charge is 0.243 e. The third-order valence-corrected chi connectivity index (χ3v) is 8.42. The van der Waals surface area contributed by atoms with Crippen LogP contribution in [0.1, 0.15) is 18.4 Å². The summed E-state index contributed by atoms with van der Waals surface area (Å²) in [6, 6.07) is 14.5. The van der Waals surface area contributed by atoms with Crippen LogP contribution in [0.25, 0.3) is 11.1 Å². The molecule has 2 amide bonds. The second kappa shape index (κ2) is 7.43. The molecule has 2 atom stereocenters. The van der Waals surface area contributed by atoms with Gasteiger partial charge in [0.1, 0.15) is 0 Å². The molecule has 0 N–H and O–H groups in total. The molecule has 5 rings (SSSR count). The summed E-state index contributed by atoms with van der Waals surface area (Å²) in [6.07, 6.45) is 5.09. The van der Waals surface area contributed by atoms with Crippen molar-refractivity contribution in [1.29, 1.82) is 0 Å². The van der Waals surface area contributed by atoms with Crippen LogP contribution < -0.4 is 0 Å². The quantitative estimate of drug-likeness (QED) is 0.546. The first kappa shape index (κ1) is 20.2. The van der Waals surface area contributed by atoms with Gasteiger partial charge in [-0.25, -0.2) is 8.42 Å². The topological polar surface area (TPSA) is 74.8 Å². The number of fused-ring (bicyclic) bond motifs is 1. The molecule has 3 aliphatic rings. The molecule has 1 aliphatic carbocycles. The Morgan fingerprint density at radius 2 is 1.45 bits per heavy atom. The van der Waals surface area contributed by atoms with Gasteiger partial charge < -0.3 is 0 Å². The number of amides is 2. The first-order valence-corrected chi connectivity index (χ1v) is 12.0. The lowest BCUT2D eigenvalue weighted by Crippen LogP contribution is -2.62. The summed E-state index contributed by atoms with van der Waals surface area (Å²) in [7, 11) is -3.66. The molecule has 0 radical (unpaired) electrons. The summed E-state index contributed by atoms with van der Waals surface area (Å²) in [5.41, 5.74) is 3.13. The zero-order valence-electron chi connectivity index (χ0n) is 17.3. The number of nitrogens with zero attached hydrogens (tertiary/aromatic N) is 2. The highest BCUT2D eigenvalue weighted by Crippen LogP contribution is 2.38. The highest BCUT2D eigenvalue weighted by Gasteiger charge is 2.53. The van der Waals surface area contributed by atoms with Crippen LogP contribution >= 0.6 is 0 Å². The largest absolute Gasteiger partial charge is 0.276 e. The Morgan fingerprint density at radius 1 is 0.839 bits per heavy atom. The molecule has 2 aliphatic heterocycles. The minimum atomic E-state index is -3.66. The van der Waals surface area contributed by atoms with Crippen molar-refractivity contribution < 1.29 is 18.0 Å². The number of likely N-dealkylation sites (tertiary alicyclic amines) is 1. The molecule has 2 aromatic carbocycles. The molecule has 6 nitrogen and oxygen atoms in total. The van der Waals surface area contributed by atoms with Crippen molar-refractivity contribution >= 4 is 21.8 Å². The molecule has 0 unspecified atom stereocenters. The summed E-state index contributed by atoms with van der Waals surface area (Å²) < 4.78 is 27.4. The van der Waals surface area contributed by atoms with E-state index >= 15 is 0 Å². The van der Waals surface area contributed by atoms with Crippen LogP contribution in [0.5, 0.6) is 0 Å². The van der Waals surface area contributed by atoms with E-state index in [2.05, 4.69) is 6.07 Å². The van der Waals surface area contributed by atoms with E-state index in [4.69, 9.17) is 0 Å². The van der Waals surface area contributed by atoms with Gasteiger partial charge in [-0.15, -0.1) is 0 Å². The van der Waals surface area contributed by atoms with Gasteiger partial charge >= 0.3 is 0 Å². The van der Waals surface area contributed by atoms with Gasteiger partial charge in [-0.2, -0.15) is 4.31 Å². The zero-order chi connectivity index (χ0) is 21.8. The van der Waals surface area contributed by atoms with Gasteiger partial charge in [0.25, 0.3) is 0 Å². The molecule has 0 spiro atoms. The number of allylic oxidation sites excluding steroid dienone is 2. The van der Waals surface area contributed by atoms with E-state index in [9.17, 15) is 18.0 Å². The fourth-order valence-electron chi connectivity index (χ4n) is 4.76. The minimum Gasteiger partial charge on any atom is -0.276 e. The van der Waals surface area contributed by atoms with Crippen molar-refractivity contribution in [3.8, 4) is 11.1 Å². The average Bonchev–Trinajstić information content (AvgIpc) is 2.98. The van der Waals surface area contributed by atoms with Crippen molar-refractivity contribution in [2.24, 2.45) is 11.8 Å². The Morgan fingerprint density at radius 3 is 2.03 bits per heavy atom. The SMILES string of the molecule is Cc1cccc(-c2ccc(S(=O)(=O)N3CC(N4C(=O)[C@H]5CC=CC[C@H]5C4=O)C3)cc2)c1. The highest BCUT2D eigenvalue weighted by atomic mass is 32.2. The molecule has 0 bridgehead atoms. The van der Waals surface area contributed by atoms with Crippen LogP contribution in [0.15, 0.2) is 65.6 Å². The summed E-state index contributed by atoms with van der Waals surface area (Å²) in [5.74, 6) is -0.859. The Kier molecular flexibility index (Phi) is 4.83. The summed E-state index contributed by atoms with van der Waals surface area (Å²) in [5, 5.41) is 0. The summed E-state index contributed by atoms with van der Waals surface area (Å²) in [6.45, 7) is 2.34. The molecular formula is C24H24N2O4S. The summed E-state index contributed by atoms with van der Waals surface area (Å²) >= 11 is 0. The Hall–Kier alpha value is -2.77. The molecule has 2 heterocycles. The van der Waals surface area contributed by atoms with Crippen LogP contribution in [-0.2, 0) is 19.6 Å². The molecule has 0 aromatic heterocycles. The number of carbonyl (C=O) groups is 2. The molecule has 31 heavy (non-hydrogen) atoms. The number of imide groups is 1. The van der Waals surface area contributed by atoms with Gasteiger partial charge in [0.15, 0.2) is 0 Å². The van der Waals surface area contributed by atoms with Crippen molar-refractivity contribution in [2.45, 2.75) is 30.7 Å². The highest BCUT2D eigenvalue weighted by molar-refractivity contribution is 7.89. The van der Waals surface area contributed by atoms with Crippen molar-refractivity contribution in [2.75, 3.05) is 13.1 Å². The lowest BCUT2D eigenvalue weighted by Gasteiger charge is -2.42. The van der Waals surface area contributed by atoms with Crippen molar-refractivity contribution in [1.82, 2.24) is 9.21 Å². The third-order valence-electron chi connectivity index (χ3n) is 6.58. The van der Waals surface area contributed by atoms with Gasteiger partial charge in [-0.05, 0) is 43.0 Å². The van der Waals surface area contributed by atoms with Gasteiger partial charge in [-0.1, -0.05) is 54.1 Å². The fourth-order valence-corrected chi connectivity index (χ4v) is 6.27. The Labute approximate surface area is 182 Å². The Balaban J connectivity index is 1.29. The number of hydrogen-bond donors (Lipinski definition) is 0. The average molecular weight is 437 g/mol. The minimum absolute atomic E-state index is 0.149. The van der Waals surface area contributed by atoms with Crippen LogP contribution in [-0.4, -0.2) is 48.6 Å². The maximum absolute atomic E-state index is 13.0. The number of sulfonamides is 1. The van der Waals surface area contributed by atoms with E-state index in [-0.39, 0.29) is 47.7 Å². The van der Waals surface area contributed by atoms with Gasteiger partial charge in [0, 0.05) is 13.1 Å². The van der Waals surface area contributed by atoms with E-state index in [1.807, 2.05) is 49.4 Å². The zero-order valence-corrected chi connectivity index (χ0v) is 18.1. The fraction of sp³-hybridized carbons (Fsp3) is 0.333. The maximum atomic E-state index is 13.0. The standard InChI is InChI=1S/C24H24N2O4S/c1-16-5-4-6-18(13-16)17-9-11-20(12-10-17)31(29,30)25-14-19(15-25)26-23(27)21-7-2-3-8-22(21)24(26)28/h2-6,9-13,19,21-22H,7-8,14-15H2,1H3/t21-,22+. The van der Waals surface area contributed by atoms with Crippen molar-refractivity contribution in [3.63, 3.8) is 0 Å². The van der Waals surface area contributed by atoms with E-state index in [1.54, 1.807) is 12.1 Å². The number of rotatable bonds is 4. The number of hydrogen-bond acceptors (Lipinski definition) is 4. The molecular weight excluding hydrogens is 412 g/mol. The van der Waals surface area contributed by atoms with Crippen molar-refractivity contribution in [3.05, 3.63) is 66.2 Å². The molecule has 2 saturated heterocycles. The van der Waals surface area contributed by atoms with Gasteiger partial charge in [-0.3, -0.25) is 14.5 Å². The molecule has 2 aromatic rings. The maximum Gasteiger partial charge on any atom is 0.243 e. The predicted molar refractivity (Wildman–Crippen MR) is 116 cm³/mol. The van der Waals surface area contributed by atoms with E-state index in [1.165, 1.54) is 9.21 Å². The molecule has 0 saturated carbocycles. The lowest BCUT2D eigenvalue weighted by molar-refractivity contribution is -0.145. The predicted octanol–water partition coefficient (Wildman–Crippen LogP) is 2.99. The third kappa shape index (κ3) is 3.32. The molecule has 7 heteroatoms. The normalized spacial score (nSPS) is 24.4. The number of aryl methyl sites for hydroxylation is 1. The van der Waals surface area contributed by atoms with Gasteiger partial charge in [0.2, 0.25) is 21.8 Å². The van der Waals surface area contributed by atoms with E-state index in [0.717, 1.165) is 16.7 Å². The van der Waals surface area contributed by atoms with E-state index < -0.39 is 10.0 Å². The molecule has 2 fully saturated rings. The lowest BCUT2D eigenvalue weighted by atomic mass is 9.85. The molecule has 160 valence electrons. The van der Waals surface area contributed by atoms with E-state index in [0.29, 0.717) is 12.8 Å². The number of carbonyl (C=O) groups excluding carboxylic acids is 2.